The van der Waals surface area contributed by atoms with Crippen molar-refractivity contribution < 1.29 is 9.90 Å². The van der Waals surface area contributed by atoms with Crippen LogP contribution < -0.4 is 0 Å². The molecule has 21 heavy (non-hydrogen) atoms. The van der Waals surface area contributed by atoms with Crippen molar-refractivity contribution >= 4 is 16.9 Å². The topological polar surface area (TPSA) is 45.5 Å². The number of carboxylic acid groups (broad SMARTS) is 1. The number of hydrogen-bond acceptors (Lipinski definition) is 2. The third-order valence-electron chi connectivity index (χ3n) is 4.48. The number of hydrogen-bond donors (Lipinski definition) is 1. The van der Waals surface area contributed by atoms with Crippen LogP contribution in [0.4, 0.5) is 0 Å². The Labute approximate surface area is 125 Å². The lowest BCUT2D eigenvalue weighted by Gasteiger charge is -2.26. The van der Waals surface area contributed by atoms with E-state index in [0.717, 1.165) is 49.9 Å². The standard InChI is InChI=1S/C17H22N2O2/c1-3-9-19-15-8-10-18(4-2)11-14(15)12-6-5-7-13(16(12)19)17(20)21/h5-7H,3-4,8-11H2,1-2H3,(H,20,21). The summed E-state index contributed by atoms with van der Waals surface area (Å²) in [6, 6.07) is 5.67. The molecule has 0 fully saturated rings. The normalized spacial score (nSPS) is 15.3. The molecular formula is C17H22N2O2. The molecule has 0 aliphatic carbocycles. The van der Waals surface area contributed by atoms with Gasteiger partial charge in [0.2, 0.25) is 0 Å². The van der Waals surface area contributed by atoms with E-state index in [9.17, 15) is 9.90 Å². The van der Waals surface area contributed by atoms with E-state index in [4.69, 9.17) is 0 Å². The Bertz CT molecular complexity index is 688. The average Bonchev–Trinajstić information content (AvgIpc) is 2.81. The second-order valence-electron chi connectivity index (χ2n) is 5.70. The summed E-state index contributed by atoms with van der Waals surface area (Å²) in [5.41, 5.74) is 4.01. The number of para-hydroxylation sites is 1. The number of aryl methyl sites for hydroxylation is 1. The molecule has 0 saturated heterocycles. The predicted octanol–water partition coefficient (Wildman–Crippen LogP) is 3.13. The van der Waals surface area contributed by atoms with E-state index in [1.165, 1.54) is 11.3 Å². The van der Waals surface area contributed by atoms with Gasteiger partial charge in [-0.3, -0.25) is 4.90 Å². The summed E-state index contributed by atoms with van der Waals surface area (Å²) in [7, 11) is 0. The van der Waals surface area contributed by atoms with Gasteiger partial charge in [0.05, 0.1) is 11.1 Å². The van der Waals surface area contributed by atoms with Crippen molar-refractivity contribution in [3.05, 3.63) is 35.0 Å². The highest BCUT2D eigenvalue weighted by atomic mass is 16.4. The highest BCUT2D eigenvalue weighted by Crippen LogP contribution is 2.33. The maximum atomic E-state index is 11.6. The molecule has 0 amide bonds. The zero-order valence-electron chi connectivity index (χ0n) is 12.7. The zero-order chi connectivity index (χ0) is 15.0. The van der Waals surface area contributed by atoms with Gasteiger partial charge in [0, 0.05) is 37.1 Å². The van der Waals surface area contributed by atoms with Crippen LogP contribution in [0.1, 0.15) is 41.9 Å². The summed E-state index contributed by atoms with van der Waals surface area (Å²) in [6.45, 7) is 8.25. The van der Waals surface area contributed by atoms with Crippen molar-refractivity contribution in [1.29, 1.82) is 0 Å². The van der Waals surface area contributed by atoms with Crippen LogP contribution in [-0.4, -0.2) is 33.6 Å². The molecule has 2 aromatic rings. The molecular weight excluding hydrogens is 264 g/mol. The van der Waals surface area contributed by atoms with Crippen LogP contribution in [0.15, 0.2) is 18.2 Å². The van der Waals surface area contributed by atoms with Gasteiger partial charge in [-0.05, 0) is 24.6 Å². The maximum Gasteiger partial charge on any atom is 0.337 e. The molecule has 0 atom stereocenters. The number of carboxylic acids is 1. The average molecular weight is 286 g/mol. The van der Waals surface area contributed by atoms with Gasteiger partial charge in [0.25, 0.3) is 0 Å². The van der Waals surface area contributed by atoms with E-state index in [2.05, 4.69) is 29.4 Å². The lowest BCUT2D eigenvalue weighted by molar-refractivity contribution is 0.0698. The Balaban J connectivity index is 2.28. The third kappa shape index (κ3) is 2.23. The summed E-state index contributed by atoms with van der Waals surface area (Å²) < 4.78 is 2.25. The van der Waals surface area contributed by atoms with E-state index < -0.39 is 5.97 Å². The molecule has 0 radical (unpaired) electrons. The Morgan fingerprint density at radius 1 is 1.33 bits per heavy atom. The van der Waals surface area contributed by atoms with Crippen molar-refractivity contribution in [1.82, 2.24) is 9.47 Å². The largest absolute Gasteiger partial charge is 0.478 e. The van der Waals surface area contributed by atoms with Crippen LogP contribution in [0, 0.1) is 0 Å². The number of rotatable bonds is 4. The quantitative estimate of drug-likeness (QED) is 0.939. The molecule has 2 heterocycles. The number of benzene rings is 1. The number of likely N-dealkylation sites (N-methyl/N-ethyl adjacent to an activating group) is 1. The van der Waals surface area contributed by atoms with Crippen LogP contribution in [0.3, 0.4) is 0 Å². The minimum Gasteiger partial charge on any atom is -0.478 e. The number of nitrogens with zero attached hydrogens (tertiary/aromatic N) is 2. The maximum absolute atomic E-state index is 11.6. The fourth-order valence-electron chi connectivity index (χ4n) is 3.47. The highest BCUT2D eigenvalue weighted by molar-refractivity contribution is 6.04. The van der Waals surface area contributed by atoms with E-state index in [1.54, 1.807) is 6.07 Å². The first kappa shape index (κ1) is 14.1. The fraction of sp³-hybridized carbons (Fsp3) is 0.471. The summed E-state index contributed by atoms with van der Waals surface area (Å²) >= 11 is 0. The fourth-order valence-corrected chi connectivity index (χ4v) is 3.47. The number of carbonyl (C=O) groups is 1. The van der Waals surface area contributed by atoms with Gasteiger partial charge >= 0.3 is 5.97 Å². The molecule has 112 valence electrons. The Morgan fingerprint density at radius 3 is 2.81 bits per heavy atom. The molecule has 1 aromatic carbocycles. The third-order valence-corrected chi connectivity index (χ3v) is 4.48. The van der Waals surface area contributed by atoms with Crippen LogP contribution in [0.5, 0.6) is 0 Å². The predicted molar refractivity (Wildman–Crippen MR) is 83.8 cm³/mol. The second kappa shape index (κ2) is 5.53. The highest BCUT2D eigenvalue weighted by Gasteiger charge is 2.25. The zero-order valence-corrected chi connectivity index (χ0v) is 12.7. The number of aromatic carboxylic acids is 1. The smallest absolute Gasteiger partial charge is 0.337 e. The first-order valence-corrected chi connectivity index (χ1v) is 7.76. The monoisotopic (exact) mass is 286 g/mol. The van der Waals surface area contributed by atoms with Gasteiger partial charge in [0.1, 0.15) is 0 Å². The molecule has 1 aliphatic rings. The van der Waals surface area contributed by atoms with Gasteiger partial charge in [-0.2, -0.15) is 0 Å². The van der Waals surface area contributed by atoms with Crippen molar-refractivity contribution in [3.63, 3.8) is 0 Å². The Kier molecular flexibility index (Phi) is 3.72. The Morgan fingerprint density at radius 2 is 2.14 bits per heavy atom. The molecule has 4 heteroatoms. The molecule has 1 aromatic heterocycles. The van der Waals surface area contributed by atoms with E-state index in [-0.39, 0.29) is 0 Å². The minimum absolute atomic E-state index is 0.429. The van der Waals surface area contributed by atoms with Crippen molar-refractivity contribution in [2.24, 2.45) is 0 Å². The summed E-state index contributed by atoms with van der Waals surface area (Å²) in [4.78, 5) is 14.0. The van der Waals surface area contributed by atoms with Gasteiger partial charge in [0.15, 0.2) is 0 Å². The van der Waals surface area contributed by atoms with E-state index >= 15 is 0 Å². The van der Waals surface area contributed by atoms with Gasteiger partial charge < -0.3 is 9.67 Å². The second-order valence-corrected chi connectivity index (χ2v) is 5.70. The van der Waals surface area contributed by atoms with Crippen molar-refractivity contribution in [2.45, 2.75) is 39.8 Å². The molecule has 0 unspecified atom stereocenters. The van der Waals surface area contributed by atoms with Crippen molar-refractivity contribution in [3.8, 4) is 0 Å². The Hall–Kier alpha value is -1.81. The van der Waals surface area contributed by atoms with Crippen LogP contribution in [0.2, 0.25) is 0 Å². The van der Waals surface area contributed by atoms with Crippen molar-refractivity contribution in [2.75, 3.05) is 13.1 Å². The van der Waals surface area contributed by atoms with Crippen LogP contribution >= 0.6 is 0 Å². The lowest BCUT2D eigenvalue weighted by Crippen LogP contribution is -2.30. The number of fused-ring (bicyclic) bond motifs is 3. The van der Waals surface area contributed by atoms with Crippen LogP contribution in [0.25, 0.3) is 10.9 Å². The first-order chi connectivity index (χ1) is 10.2. The SMILES string of the molecule is CCCn1c2c(c3cccc(C(=O)O)c31)CN(CC)CC2. The van der Waals surface area contributed by atoms with Gasteiger partial charge in [-0.15, -0.1) is 0 Å². The van der Waals surface area contributed by atoms with Gasteiger partial charge in [-0.25, -0.2) is 4.79 Å². The summed E-state index contributed by atoms with van der Waals surface area (Å²) in [5.74, 6) is -0.833. The molecule has 0 bridgehead atoms. The van der Waals surface area contributed by atoms with E-state index in [0.29, 0.717) is 5.56 Å². The molecule has 0 saturated carbocycles. The number of aromatic nitrogens is 1. The minimum atomic E-state index is -0.833. The molecule has 3 rings (SSSR count). The van der Waals surface area contributed by atoms with E-state index in [1.807, 2.05) is 6.07 Å². The molecule has 1 aliphatic heterocycles. The van der Waals surface area contributed by atoms with Crippen LogP contribution in [-0.2, 0) is 19.5 Å². The van der Waals surface area contributed by atoms with Gasteiger partial charge in [-0.1, -0.05) is 26.0 Å². The molecule has 1 N–H and O–H groups in total. The summed E-state index contributed by atoms with van der Waals surface area (Å²) in [6.07, 6.45) is 2.03. The lowest BCUT2D eigenvalue weighted by atomic mass is 10.0. The molecule has 4 nitrogen and oxygen atoms in total. The first-order valence-electron chi connectivity index (χ1n) is 7.76. The molecule has 0 spiro atoms. The summed E-state index contributed by atoms with van der Waals surface area (Å²) in [5, 5.41) is 10.6.